The molecule has 0 saturated carbocycles. The molecular formula is C20H26N2O3. The molecule has 2 aromatic rings. The number of likely N-dealkylation sites (N-methyl/N-ethyl adjacent to an activating group) is 1. The van der Waals surface area contributed by atoms with Crippen LogP contribution in [-0.4, -0.2) is 49.7 Å². The number of esters is 1. The largest absolute Gasteiger partial charge is 0.464 e. The van der Waals surface area contributed by atoms with Crippen molar-refractivity contribution in [3.05, 3.63) is 42.2 Å². The van der Waals surface area contributed by atoms with Gasteiger partial charge in [0.25, 0.3) is 0 Å². The second-order valence-corrected chi connectivity index (χ2v) is 7.50. The minimum atomic E-state index is -0.534. The summed E-state index contributed by atoms with van der Waals surface area (Å²) in [6, 6.07) is 9.58. The summed E-state index contributed by atoms with van der Waals surface area (Å²) in [7, 11) is 2.14. The first-order valence-corrected chi connectivity index (χ1v) is 8.68. The Morgan fingerprint density at radius 2 is 1.84 bits per heavy atom. The lowest BCUT2D eigenvalue weighted by Crippen LogP contribution is -2.44. The minimum Gasteiger partial charge on any atom is -0.464 e. The molecule has 5 nitrogen and oxygen atoms in total. The molecule has 1 aliphatic heterocycles. The summed E-state index contributed by atoms with van der Waals surface area (Å²) in [5.74, 6) is 0.348. The maximum Gasteiger partial charge on any atom is 0.339 e. The van der Waals surface area contributed by atoms with Gasteiger partial charge in [0.15, 0.2) is 0 Å². The lowest BCUT2D eigenvalue weighted by atomic mass is 10.0. The van der Waals surface area contributed by atoms with Gasteiger partial charge in [0.1, 0.15) is 11.4 Å². The van der Waals surface area contributed by atoms with Gasteiger partial charge in [0.2, 0.25) is 0 Å². The summed E-state index contributed by atoms with van der Waals surface area (Å²) < 4.78 is 11.1. The van der Waals surface area contributed by atoms with E-state index in [1.54, 1.807) is 6.26 Å². The number of piperazine rings is 1. The molecule has 0 atom stereocenters. The van der Waals surface area contributed by atoms with Crippen LogP contribution in [0.25, 0.3) is 11.3 Å². The number of anilines is 1. The highest BCUT2D eigenvalue weighted by Crippen LogP contribution is 2.31. The van der Waals surface area contributed by atoms with Crippen LogP contribution in [0, 0.1) is 0 Å². The molecule has 25 heavy (non-hydrogen) atoms. The molecular weight excluding hydrogens is 316 g/mol. The Morgan fingerprint density at radius 1 is 1.12 bits per heavy atom. The standard InChI is InChI=1S/C20H26N2O3/c1-20(2,3)25-19(23)16-8-7-15(22-11-9-21(4)10-12-22)14-17(16)18-6-5-13-24-18/h5-8,13-14H,9-12H2,1-4H3. The maximum atomic E-state index is 12.6. The predicted molar refractivity (Wildman–Crippen MR) is 99.0 cm³/mol. The number of furan rings is 1. The third-order valence-electron chi connectivity index (χ3n) is 4.28. The second kappa shape index (κ2) is 6.92. The van der Waals surface area contributed by atoms with Gasteiger partial charge in [-0.15, -0.1) is 0 Å². The highest BCUT2D eigenvalue weighted by molar-refractivity contribution is 5.97. The number of hydrogen-bond acceptors (Lipinski definition) is 5. The summed E-state index contributed by atoms with van der Waals surface area (Å²) in [6.45, 7) is 9.62. The van der Waals surface area contributed by atoms with Crippen molar-refractivity contribution >= 4 is 11.7 Å². The summed E-state index contributed by atoms with van der Waals surface area (Å²) in [5, 5.41) is 0. The van der Waals surface area contributed by atoms with E-state index in [2.05, 4.69) is 16.8 Å². The van der Waals surface area contributed by atoms with E-state index in [1.165, 1.54) is 0 Å². The van der Waals surface area contributed by atoms with Crippen LogP contribution in [0.4, 0.5) is 5.69 Å². The Hall–Kier alpha value is -2.27. The molecule has 1 aromatic carbocycles. The van der Waals surface area contributed by atoms with Gasteiger partial charge in [-0.25, -0.2) is 4.79 Å². The van der Waals surface area contributed by atoms with Crippen molar-refractivity contribution in [3.8, 4) is 11.3 Å². The molecule has 1 aliphatic rings. The first kappa shape index (κ1) is 17.5. The Kier molecular flexibility index (Phi) is 4.86. The molecule has 0 amide bonds. The van der Waals surface area contributed by atoms with Crippen molar-refractivity contribution < 1.29 is 13.9 Å². The highest BCUT2D eigenvalue weighted by Gasteiger charge is 2.23. The fourth-order valence-corrected chi connectivity index (χ4v) is 2.94. The van der Waals surface area contributed by atoms with Crippen molar-refractivity contribution in [2.75, 3.05) is 38.1 Å². The van der Waals surface area contributed by atoms with Crippen molar-refractivity contribution in [3.63, 3.8) is 0 Å². The van der Waals surface area contributed by atoms with E-state index in [-0.39, 0.29) is 5.97 Å². The second-order valence-electron chi connectivity index (χ2n) is 7.50. The van der Waals surface area contributed by atoms with Gasteiger partial charge >= 0.3 is 5.97 Å². The summed E-state index contributed by atoms with van der Waals surface area (Å²) in [4.78, 5) is 17.3. The quantitative estimate of drug-likeness (QED) is 0.797. The molecule has 0 aliphatic carbocycles. The van der Waals surface area contributed by atoms with Gasteiger partial charge in [-0.1, -0.05) is 0 Å². The molecule has 0 bridgehead atoms. The molecule has 0 unspecified atom stereocenters. The number of benzene rings is 1. The van der Waals surface area contributed by atoms with E-state index in [4.69, 9.17) is 9.15 Å². The molecule has 1 aromatic heterocycles. The van der Waals surface area contributed by atoms with Crippen LogP contribution < -0.4 is 4.90 Å². The normalized spacial score (nSPS) is 16.1. The van der Waals surface area contributed by atoms with E-state index in [9.17, 15) is 4.79 Å². The first-order chi connectivity index (χ1) is 11.8. The van der Waals surface area contributed by atoms with E-state index in [1.807, 2.05) is 51.1 Å². The summed E-state index contributed by atoms with van der Waals surface area (Å²) in [6.07, 6.45) is 1.62. The van der Waals surface area contributed by atoms with Crippen LogP contribution in [0.2, 0.25) is 0 Å². The molecule has 0 N–H and O–H groups in total. The fraction of sp³-hybridized carbons (Fsp3) is 0.450. The zero-order chi connectivity index (χ0) is 18.0. The predicted octanol–water partition coefficient (Wildman–Crippen LogP) is 3.65. The molecule has 1 fully saturated rings. The number of ether oxygens (including phenoxy) is 1. The molecule has 0 radical (unpaired) electrons. The smallest absolute Gasteiger partial charge is 0.339 e. The summed E-state index contributed by atoms with van der Waals surface area (Å²) >= 11 is 0. The average molecular weight is 342 g/mol. The van der Waals surface area contributed by atoms with Crippen LogP contribution in [-0.2, 0) is 4.74 Å². The Bertz CT molecular complexity index is 724. The SMILES string of the molecule is CN1CCN(c2ccc(C(=O)OC(C)(C)C)c(-c3ccco3)c2)CC1. The van der Waals surface area contributed by atoms with Gasteiger partial charge in [-0.3, -0.25) is 0 Å². The van der Waals surface area contributed by atoms with Crippen molar-refractivity contribution in [1.29, 1.82) is 0 Å². The van der Waals surface area contributed by atoms with Gasteiger partial charge in [-0.05, 0) is 58.2 Å². The number of carbonyl (C=O) groups excluding carboxylic acids is 1. The zero-order valence-electron chi connectivity index (χ0n) is 15.4. The van der Waals surface area contributed by atoms with Crippen molar-refractivity contribution in [1.82, 2.24) is 4.90 Å². The van der Waals surface area contributed by atoms with E-state index in [0.717, 1.165) is 37.4 Å². The van der Waals surface area contributed by atoms with E-state index < -0.39 is 5.60 Å². The van der Waals surface area contributed by atoms with Crippen LogP contribution >= 0.6 is 0 Å². The highest BCUT2D eigenvalue weighted by atomic mass is 16.6. The maximum absolute atomic E-state index is 12.6. The van der Waals surface area contributed by atoms with Gasteiger partial charge in [0.05, 0.1) is 11.8 Å². The van der Waals surface area contributed by atoms with Crippen LogP contribution in [0.15, 0.2) is 41.0 Å². The monoisotopic (exact) mass is 342 g/mol. The number of nitrogens with zero attached hydrogens (tertiary/aromatic N) is 2. The molecule has 1 saturated heterocycles. The molecule has 3 rings (SSSR count). The Morgan fingerprint density at radius 3 is 2.44 bits per heavy atom. The molecule has 5 heteroatoms. The Labute approximate surface area is 149 Å². The van der Waals surface area contributed by atoms with Gasteiger partial charge in [0, 0.05) is 37.4 Å². The van der Waals surface area contributed by atoms with Crippen LogP contribution in [0.5, 0.6) is 0 Å². The van der Waals surface area contributed by atoms with Crippen LogP contribution in [0.3, 0.4) is 0 Å². The van der Waals surface area contributed by atoms with E-state index >= 15 is 0 Å². The lowest BCUT2D eigenvalue weighted by molar-refractivity contribution is 0.00703. The first-order valence-electron chi connectivity index (χ1n) is 8.68. The van der Waals surface area contributed by atoms with E-state index in [0.29, 0.717) is 11.3 Å². The van der Waals surface area contributed by atoms with Gasteiger partial charge < -0.3 is 19.0 Å². The van der Waals surface area contributed by atoms with Gasteiger partial charge in [-0.2, -0.15) is 0 Å². The van der Waals surface area contributed by atoms with Crippen molar-refractivity contribution in [2.45, 2.75) is 26.4 Å². The number of rotatable bonds is 3. The van der Waals surface area contributed by atoms with Crippen LogP contribution in [0.1, 0.15) is 31.1 Å². The Balaban J connectivity index is 1.95. The molecule has 0 spiro atoms. The zero-order valence-corrected chi connectivity index (χ0v) is 15.4. The third kappa shape index (κ3) is 4.23. The topological polar surface area (TPSA) is 45.9 Å². The average Bonchev–Trinajstić information content (AvgIpc) is 3.08. The molecule has 134 valence electrons. The number of hydrogen-bond donors (Lipinski definition) is 0. The fourth-order valence-electron chi connectivity index (χ4n) is 2.94. The van der Waals surface area contributed by atoms with Crippen molar-refractivity contribution in [2.24, 2.45) is 0 Å². The minimum absolute atomic E-state index is 0.330. The number of carbonyl (C=O) groups is 1. The summed E-state index contributed by atoms with van der Waals surface area (Å²) in [5.41, 5.74) is 1.87. The lowest BCUT2D eigenvalue weighted by Gasteiger charge is -2.34. The molecule has 2 heterocycles. The third-order valence-corrected chi connectivity index (χ3v) is 4.28.